The molecule has 0 saturated carbocycles. The van der Waals surface area contributed by atoms with E-state index in [1.54, 1.807) is 21.3 Å². The highest BCUT2D eigenvalue weighted by Crippen LogP contribution is 2.55. The smallest absolute Gasteiger partial charge is 0.162 e. The Balaban J connectivity index is 2.26. The summed E-state index contributed by atoms with van der Waals surface area (Å²) in [7, 11) is 4.98. The number of phenolic OH excluding ortho intramolecular Hbond substituents is 1. The van der Waals surface area contributed by atoms with Crippen LogP contribution in [0.1, 0.15) is 43.7 Å². The Morgan fingerprint density at radius 2 is 2.00 bits per heavy atom. The van der Waals surface area contributed by atoms with E-state index in [0.717, 1.165) is 49.0 Å². The molecule has 0 bridgehead atoms. The van der Waals surface area contributed by atoms with Crippen molar-refractivity contribution in [3.63, 3.8) is 0 Å². The summed E-state index contributed by atoms with van der Waals surface area (Å²) in [5, 5.41) is 11.0. The van der Waals surface area contributed by atoms with Gasteiger partial charge in [0.15, 0.2) is 11.5 Å². The number of hydrogen-bond acceptors (Lipinski definition) is 5. The third-order valence-electron chi connectivity index (χ3n) is 6.20. The lowest BCUT2D eigenvalue weighted by Crippen LogP contribution is -2.53. The van der Waals surface area contributed by atoms with Gasteiger partial charge in [-0.2, -0.15) is 0 Å². The van der Waals surface area contributed by atoms with Gasteiger partial charge in [-0.15, -0.1) is 0 Å². The monoisotopic (exact) mass is 361 g/mol. The maximum absolute atomic E-state index is 11.0. The fraction of sp³-hybridized carbons (Fsp3) is 0.619. The molecule has 2 aliphatic carbocycles. The predicted molar refractivity (Wildman–Crippen MR) is 102 cm³/mol. The van der Waals surface area contributed by atoms with Gasteiger partial charge in [0.25, 0.3) is 0 Å². The van der Waals surface area contributed by atoms with Gasteiger partial charge in [0.2, 0.25) is 0 Å². The van der Waals surface area contributed by atoms with Gasteiger partial charge in [-0.25, -0.2) is 0 Å². The van der Waals surface area contributed by atoms with Crippen LogP contribution in [0.15, 0.2) is 24.0 Å². The molecule has 3 unspecified atom stereocenters. The first kappa shape index (κ1) is 19.1. The molecule has 0 saturated heterocycles. The molecule has 5 nitrogen and oxygen atoms in total. The summed E-state index contributed by atoms with van der Waals surface area (Å²) in [6.45, 7) is 2.18. The average molecular weight is 361 g/mol. The van der Waals surface area contributed by atoms with Gasteiger partial charge in [0.1, 0.15) is 11.9 Å². The van der Waals surface area contributed by atoms with E-state index in [0.29, 0.717) is 5.75 Å². The highest BCUT2D eigenvalue weighted by Gasteiger charge is 2.52. The van der Waals surface area contributed by atoms with Crippen molar-refractivity contribution < 1.29 is 19.3 Å². The number of nitrogens with two attached hydrogens (primary N) is 1. The van der Waals surface area contributed by atoms with Crippen LogP contribution in [0.2, 0.25) is 0 Å². The lowest BCUT2D eigenvalue weighted by Gasteiger charge is -2.51. The molecule has 3 N–H and O–H groups in total. The minimum atomic E-state index is -0.359. The van der Waals surface area contributed by atoms with Crippen LogP contribution in [0.25, 0.3) is 0 Å². The van der Waals surface area contributed by atoms with E-state index in [4.69, 9.17) is 19.9 Å². The molecule has 3 rings (SSSR count). The van der Waals surface area contributed by atoms with Gasteiger partial charge in [-0.3, -0.25) is 0 Å². The van der Waals surface area contributed by atoms with E-state index >= 15 is 0 Å². The molecule has 26 heavy (non-hydrogen) atoms. The van der Waals surface area contributed by atoms with Crippen LogP contribution in [0.5, 0.6) is 11.5 Å². The zero-order chi connectivity index (χ0) is 18.9. The summed E-state index contributed by atoms with van der Waals surface area (Å²) >= 11 is 0. The fourth-order valence-corrected chi connectivity index (χ4v) is 4.94. The maximum atomic E-state index is 11.0. The third-order valence-corrected chi connectivity index (χ3v) is 6.20. The number of allylic oxidation sites excluding steroid dienone is 1. The van der Waals surface area contributed by atoms with Crippen LogP contribution in [0, 0.1) is 5.92 Å². The Labute approximate surface area is 156 Å². The van der Waals surface area contributed by atoms with Crippen molar-refractivity contribution in [3.8, 4) is 11.5 Å². The largest absolute Gasteiger partial charge is 0.504 e. The molecule has 0 aliphatic heterocycles. The van der Waals surface area contributed by atoms with E-state index < -0.39 is 0 Å². The molecule has 0 fully saturated rings. The van der Waals surface area contributed by atoms with Gasteiger partial charge in [0, 0.05) is 24.1 Å². The number of hydrogen-bond donors (Lipinski definition) is 2. The Kier molecular flexibility index (Phi) is 5.49. The minimum absolute atomic E-state index is 0.0134. The summed E-state index contributed by atoms with van der Waals surface area (Å²) in [5.74, 6) is 1.75. The number of aromatic hydroxyl groups is 1. The lowest BCUT2D eigenvalue weighted by molar-refractivity contribution is 0.0252. The number of ether oxygens (including phenoxy) is 3. The fourth-order valence-electron chi connectivity index (χ4n) is 4.94. The van der Waals surface area contributed by atoms with Gasteiger partial charge in [-0.05, 0) is 42.9 Å². The summed E-state index contributed by atoms with van der Waals surface area (Å²) in [5.41, 5.74) is 8.35. The third kappa shape index (κ3) is 2.87. The van der Waals surface area contributed by atoms with E-state index in [1.807, 2.05) is 12.1 Å². The van der Waals surface area contributed by atoms with Crippen LogP contribution < -0.4 is 10.5 Å². The first-order valence-corrected chi connectivity index (χ1v) is 9.46. The number of phenols is 1. The van der Waals surface area contributed by atoms with Gasteiger partial charge in [0.05, 0.1) is 14.2 Å². The SMILES string of the molecule is CCCC[C@@]12C=C(OC)C(OC)CC1C(N)Cc1ccc(OC)c(O)c12. The van der Waals surface area contributed by atoms with Crippen LogP contribution in [0.4, 0.5) is 0 Å². The van der Waals surface area contributed by atoms with Gasteiger partial charge < -0.3 is 25.1 Å². The number of unbranched alkanes of at least 4 members (excludes halogenated alkanes) is 1. The topological polar surface area (TPSA) is 73.9 Å². The van der Waals surface area contributed by atoms with Crippen molar-refractivity contribution in [2.45, 2.75) is 56.6 Å². The molecule has 0 spiro atoms. The van der Waals surface area contributed by atoms with Crippen LogP contribution in [-0.2, 0) is 21.3 Å². The standard InChI is InChI=1S/C21H31NO4/c1-5-6-9-21-12-18(26-4)17(25-3)11-14(21)15(22)10-13-7-8-16(24-2)20(23)19(13)21/h7-8,12,14-15,17,23H,5-6,9-11,22H2,1-4H3/t14?,15?,17?,21-/m1/s1. The molecule has 144 valence electrons. The zero-order valence-electron chi connectivity index (χ0n) is 16.2. The van der Waals surface area contributed by atoms with Crippen LogP contribution >= 0.6 is 0 Å². The molecular formula is C21H31NO4. The average Bonchev–Trinajstić information content (AvgIpc) is 2.65. The second kappa shape index (κ2) is 7.49. The van der Waals surface area contributed by atoms with E-state index in [-0.39, 0.29) is 29.2 Å². The van der Waals surface area contributed by atoms with Crippen LogP contribution in [-0.4, -0.2) is 38.6 Å². The van der Waals surface area contributed by atoms with Crippen LogP contribution in [0.3, 0.4) is 0 Å². The van der Waals surface area contributed by atoms with E-state index in [1.165, 1.54) is 0 Å². The van der Waals surface area contributed by atoms with Crippen molar-refractivity contribution in [1.29, 1.82) is 0 Å². The van der Waals surface area contributed by atoms with Crippen molar-refractivity contribution in [3.05, 3.63) is 35.1 Å². The Morgan fingerprint density at radius 1 is 1.23 bits per heavy atom. The molecule has 4 atom stereocenters. The van der Waals surface area contributed by atoms with Crippen molar-refractivity contribution in [2.24, 2.45) is 11.7 Å². The summed E-state index contributed by atoms with van der Waals surface area (Å²) in [4.78, 5) is 0. The molecule has 0 aromatic heterocycles. The molecule has 1 aromatic rings. The van der Waals surface area contributed by atoms with Gasteiger partial charge in [-0.1, -0.05) is 25.8 Å². The number of rotatable bonds is 6. The first-order chi connectivity index (χ1) is 12.5. The summed E-state index contributed by atoms with van der Waals surface area (Å²) in [6.07, 6.45) is 6.65. The quantitative estimate of drug-likeness (QED) is 0.813. The molecule has 0 amide bonds. The molecular weight excluding hydrogens is 330 g/mol. The zero-order valence-corrected chi connectivity index (χ0v) is 16.2. The number of methoxy groups -OCH3 is 3. The van der Waals surface area contributed by atoms with E-state index in [2.05, 4.69) is 13.0 Å². The molecule has 1 aromatic carbocycles. The summed E-state index contributed by atoms with van der Waals surface area (Å²) in [6, 6.07) is 3.89. The number of benzene rings is 1. The second-order valence-corrected chi connectivity index (χ2v) is 7.48. The molecule has 0 heterocycles. The van der Waals surface area contributed by atoms with E-state index in [9.17, 15) is 5.11 Å². The number of fused-ring (bicyclic) bond motifs is 3. The minimum Gasteiger partial charge on any atom is -0.504 e. The molecule has 0 radical (unpaired) electrons. The second-order valence-electron chi connectivity index (χ2n) is 7.48. The highest BCUT2D eigenvalue weighted by atomic mass is 16.5. The van der Waals surface area contributed by atoms with Crippen molar-refractivity contribution >= 4 is 0 Å². The Hall–Kier alpha value is -1.72. The highest BCUT2D eigenvalue weighted by molar-refractivity contribution is 5.58. The summed E-state index contributed by atoms with van der Waals surface area (Å²) < 4.78 is 16.8. The molecule has 5 heteroatoms. The van der Waals surface area contributed by atoms with Crippen molar-refractivity contribution in [1.82, 2.24) is 0 Å². The molecule has 2 aliphatic rings. The van der Waals surface area contributed by atoms with Crippen molar-refractivity contribution in [2.75, 3.05) is 21.3 Å². The van der Waals surface area contributed by atoms with Gasteiger partial charge >= 0.3 is 0 Å². The normalized spacial score (nSPS) is 30.2. The Morgan fingerprint density at radius 3 is 2.62 bits per heavy atom. The predicted octanol–water partition coefficient (Wildman–Crippen LogP) is 3.28. The Bertz CT molecular complexity index is 687. The maximum Gasteiger partial charge on any atom is 0.162 e. The first-order valence-electron chi connectivity index (χ1n) is 9.46. The lowest BCUT2D eigenvalue weighted by atomic mass is 9.55.